The molecule has 2 aliphatic rings. The predicted octanol–water partition coefficient (Wildman–Crippen LogP) is 1.69. The lowest BCUT2D eigenvalue weighted by molar-refractivity contribution is 0.0420. The average molecular weight is 379 g/mol. The second-order valence-electron chi connectivity index (χ2n) is 7.50. The minimum Gasteiger partial charge on any atom is -0.379 e. The Labute approximate surface area is 162 Å². The van der Waals surface area contributed by atoms with Crippen LogP contribution in [-0.2, 0) is 23.1 Å². The molecule has 27 heavy (non-hydrogen) atoms. The molecule has 1 aliphatic carbocycles. The topological polar surface area (TPSA) is 85.6 Å². The zero-order chi connectivity index (χ0) is 18.9. The molecule has 152 valence electrons. The van der Waals surface area contributed by atoms with Gasteiger partial charge in [-0.2, -0.15) is 0 Å². The fraction of sp³-hybridized carbons (Fsp3) is 0.842. The first-order valence-corrected chi connectivity index (χ1v) is 10.3. The first-order chi connectivity index (χ1) is 13.2. The molecule has 2 fully saturated rings. The molecule has 0 bridgehead atoms. The Morgan fingerprint density at radius 1 is 1.26 bits per heavy atom. The van der Waals surface area contributed by atoms with Crippen molar-refractivity contribution in [3.8, 4) is 0 Å². The van der Waals surface area contributed by atoms with Crippen LogP contribution < -0.4 is 10.6 Å². The summed E-state index contributed by atoms with van der Waals surface area (Å²) < 4.78 is 13.2. The fourth-order valence-corrected chi connectivity index (χ4v) is 3.50. The average Bonchev–Trinajstić information content (AvgIpc) is 3.31. The quantitative estimate of drug-likeness (QED) is 0.407. The van der Waals surface area contributed by atoms with Gasteiger partial charge in [-0.25, -0.2) is 4.99 Å². The van der Waals surface area contributed by atoms with E-state index in [-0.39, 0.29) is 6.10 Å². The molecule has 1 aromatic heterocycles. The van der Waals surface area contributed by atoms with Gasteiger partial charge in [-0.15, -0.1) is 10.2 Å². The number of aromatic nitrogens is 3. The highest BCUT2D eigenvalue weighted by Crippen LogP contribution is 2.17. The molecule has 0 amide bonds. The molecule has 0 radical (unpaired) electrons. The number of aryl methyl sites for hydroxylation is 1. The number of hydrogen-bond donors (Lipinski definition) is 2. The number of guanidine groups is 1. The van der Waals surface area contributed by atoms with E-state index >= 15 is 0 Å². The zero-order valence-corrected chi connectivity index (χ0v) is 16.7. The number of ether oxygens (including phenoxy) is 2. The minimum absolute atomic E-state index is 0.276. The van der Waals surface area contributed by atoms with Crippen LogP contribution in [0.2, 0.25) is 0 Å². The smallest absolute Gasteiger partial charge is 0.191 e. The normalized spacial score (nSPS) is 21.6. The van der Waals surface area contributed by atoms with Gasteiger partial charge in [0.1, 0.15) is 12.4 Å². The molecule has 2 N–H and O–H groups in total. The van der Waals surface area contributed by atoms with Crippen molar-refractivity contribution in [3.63, 3.8) is 0 Å². The molecule has 1 aliphatic heterocycles. The van der Waals surface area contributed by atoms with Crippen LogP contribution in [0.1, 0.15) is 56.6 Å². The number of aliphatic imine (C=N–C) groups is 1. The summed E-state index contributed by atoms with van der Waals surface area (Å²) >= 11 is 0. The van der Waals surface area contributed by atoms with Crippen molar-refractivity contribution in [2.75, 3.05) is 26.4 Å². The molecule has 3 rings (SSSR count). The Bertz CT molecular complexity index is 591. The molecular weight excluding hydrogens is 344 g/mol. The maximum atomic E-state index is 5.84. The summed E-state index contributed by atoms with van der Waals surface area (Å²) in [5.41, 5.74) is 0. The van der Waals surface area contributed by atoms with Crippen molar-refractivity contribution in [2.45, 2.75) is 70.6 Å². The van der Waals surface area contributed by atoms with E-state index in [9.17, 15) is 0 Å². The highest BCUT2D eigenvalue weighted by Gasteiger charge is 2.16. The van der Waals surface area contributed by atoms with Gasteiger partial charge in [0, 0.05) is 32.8 Å². The van der Waals surface area contributed by atoms with Crippen LogP contribution in [0.25, 0.3) is 0 Å². The molecule has 2 heterocycles. The molecule has 0 aromatic carbocycles. The number of nitrogens with one attached hydrogen (secondary N) is 2. The summed E-state index contributed by atoms with van der Waals surface area (Å²) in [4.78, 5) is 4.75. The number of nitrogens with zero attached hydrogens (tertiary/aromatic N) is 4. The van der Waals surface area contributed by atoms with Crippen molar-refractivity contribution in [2.24, 2.45) is 12.0 Å². The molecule has 1 unspecified atom stereocenters. The monoisotopic (exact) mass is 378 g/mol. The Kier molecular flexibility index (Phi) is 7.89. The van der Waals surface area contributed by atoms with E-state index in [1.54, 1.807) is 0 Å². The first-order valence-electron chi connectivity index (χ1n) is 10.3. The lowest BCUT2D eigenvalue weighted by Crippen LogP contribution is -2.44. The second kappa shape index (κ2) is 10.6. The highest BCUT2D eigenvalue weighted by atomic mass is 16.5. The van der Waals surface area contributed by atoms with Crippen LogP contribution in [0.5, 0.6) is 0 Å². The van der Waals surface area contributed by atoms with Gasteiger partial charge in [-0.1, -0.05) is 19.3 Å². The van der Waals surface area contributed by atoms with Gasteiger partial charge in [-0.3, -0.25) is 0 Å². The Hall–Kier alpha value is -1.67. The number of hydrogen-bond acceptors (Lipinski definition) is 5. The summed E-state index contributed by atoms with van der Waals surface area (Å²) in [6, 6.07) is 0.512. The maximum absolute atomic E-state index is 5.84. The Morgan fingerprint density at radius 2 is 2.11 bits per heavy atom. The van der Waals surface area contributed by atoms with Crippen molar-refractivity contribution in [3.05, 3.63) is 11.6 Å². The van der Waals surface area contributed by atoms with Gasteiger partial charge in [0.2, 0.25) is 0 Å². The SMILES string of the molecule is Cc1nnc(CN=C(NCCCOC2CCOC2)NC2CCCCC2)n1C. The van der Waals surface area contributed by atoms with E-state index in [2.05, 4.69) is 20.8 Å². The standard InChI is InChI=1S/C19H34N6O2/c1-15-23-24-18(25(15)2)13-21-19(22-16-7-4-3-5-8-16)20-10-6-11-27-17-9-12-26-14-17/h16-17H,3-14H2,1-2H3,(H2,20,21,22). The molecule has 1 atom stereocenters. The fourth-order valence-electron chi connectivity index (χ4n) is 3.50. The molecule has 1 saturated heterocycles. The zero-order valence-electron chi connectivity index (χ0n) is 16.7. The van der Waals surface area contributed by atoms with Crippen LogP contribution in [0.3, 0.4) is 0 Å². The predicted molar refractivity (Wildman–Crippen MR) is 105 cm³/mol. The van der Waals surface area contributed by atoms with Gasteiger partial charge in [0.15, 0.2) is 11.8 Å². The van der Waals surface area contributed by atoms with E-state index < -0.39 is 0 Å². The van der Waals surface area contributed by atoms with E-state index in [1.807, 2.05) is 18.5 Å². The van der Waals surface area contributed by atoms with E-state index in [1.165, 1.54) is 32.1 Å². The summed E-state index contributed by atoms with van der Waals surface area (Å²) in [6.45, 7) is 5.63. The Morgan fingerprint density at radius 3 is 2.81 bits per heavy atom. The first kappa shape index (κ1) is 20.1. The summed E-state index contributed by atoms with van der Waals surface area (Å²) in [5.74, 6) is 2.65. The van der Waals surface area contributed by atoms with E-state index in [0.29, 0.717) is 12.6 Å². The van der Waals surface area contributed by atoms with Crippen LogP contribution >= 0.6 is 0 Å². The molecule has 1 saturated carbocycles. The molecule has 1 aromatic rings. The lowest BCUT2D eigenvalue weighted by Gasteiger charge is -2.25. The van der Waals surface area contributed by atoms with Crippen LogP contribution in [0.15, 0.2) is 4.99 Å². The van der Waals surface area contributed by atoms with E-state index in [4.69, 9.17) is 14.5 Å². The third-order valence-electron chi connectivity index (χ3n) is 5.36. The van der Waals surface area contributed by atoms with Crippen molar-refractivity contribution < 1.29 is 9.47 Å². The minimum atomic E-state index is 0.276. The van der Waals surface area contributed by atoms with Crippen molar-refractivity contribution in [1.29, 1.82) is 0 Å². The molecule has 0 spiro atoms. The molecule has 8 heteroatoms. The summed E-state index contributed by atoms with van der Waals surface area (Å²) in [5, 5.41) is 15.4. The Balaban J connectivity index is 1.47. The molecule has 8 nitrogen and oxygen atoms in total. The van der Waals surface area contributed by atoms with E-state index in [0.717, 1.165) is 56.8 Å². The van der Waals surface area contributed by atoms with Gasteiger partial charge < -0.3 is 24.7 Å². The lowest BCUT2D eigenvalue weighted by atomic mass is 9.96. The summed E-state index contributed by atoms with van der Waals surface area (Å²) in [7, 11) is 1.98. The van der Waals surface area contributed by atoms with Gasteiger partial charge in [0.05, 0.1) is 12.7 Å². The maximum Gasteiger partial charge on any atom is 0.191 e. The highest BCUT2D eigenvalue weighted by molar-refractivity contribution is 5.80. The van der Waals surface area contributed by atoms with Crippen LogP contribution in [-0.4, -0.2) is 59.2 Å². The van der Waals surface area contributed by atoms with Gasteiger partial charge >= 0.3 is 0 Å². The summed E-state index contributed by atoms with van der Waals surface area (Å²) in [6.07, 6.45) is 8.61. The van der Waals surface area contributed by atoms with Crippen LogP contribution in [0, 0.1) is 6.92 Å². The van der Waals surface area contributed by atoms with Crippen molar-refractivity contribution >= 4 is 5.96 Å². The largest absolute Gasteiger partial charge is 0.379 e. The molecular formula is C19H34N6O2. The third-order valence-corrected chi connectivity index (χ3v) is 5.36. The number of rotatable bonds is 8. The van der Waals surface area contributed by atoms with Crippen molar-refractivity contribution in [1.82, 2.24) is 25.4 Å². The van der Waals surface area contributed by atoms with Gasteiger partial charge in [0.25, 0.3) is 0 Å². The van der Waals surface area contributed by atoms with Crippen LogP contribution in [0.4, 0.5) is 0 Å². The van der Waals surface area contributed by atoms with Gasteiger partial charge in [-0.05, 0) is 32.6 Å². The third kappa shape index (κ3) is 6.46. The second-order valence-corrected chi connectivity index (χ2v) is 7.50.